The summed E-state index contributed by atoms with van der Waals surface area (Å²) in [5.74, 6) is 0.766. The molecular formula is C17H19NO3. The number of nitrogens with one attached hydrogen (secondary N) is 1. The minimum Gasteiger partial charge on any atom is -0.497 e. The van der Waals surface area contributed by atoms with Gasteiger partial charge in [0.25, 0.3) is 0 Å². The first kappa shape index (κ1) is 15.1. The Balaban J connectivity index is 1.86. The Labute approximate surface area is 124 Å². The van der Waals surface area contributed by atoms with Crippen LogP contribution in [0, 0.1) is 0 Å². The van der Waals surface area contributed by atoms with Crippen LogP contribution in [-0.4, -0.2) is 18.1 Å². The molecule has 0 unspecified atom stereocenters. The Morgan fingerprint density at radius 1 is 1.14 bits per heavy atom. The van der Waals surface area contributed by atoms with Crippen molar-refractivity contribution in [2.75, 3.05) is 12.4 Å². The molecule has 0 bridgehead atoms. The van der Waals surface area contributed by atoms with E-state index in [9.17, 15) is 4.79 Å². The number of anilines is 1. The van der Waals surface area contributed by atoms with Gasteiger partial charge in [-0.3, -0.25) is 4.79 Å². The molecule has 2 rings (SSSR count). The number of carbonyl (C=O) groups is 1. The highest BCUT2D eigenvalue weighted by atomic mass is 16.5. The summed E-state index contributed by atoms with van der Waals surface area (Å²) in [6.45, 7) is 0.00403. The van der Waals surface area contributed by atoms with Crippen LogP contribution in [0.25, 0.3) is 0 Å². The van der Waals surface area contributed by atoms with Crippen LogP contribution in [-0.2, 0) is 17.8 Å². The molecule has 0 saturated carbocycles. The third kappa shape index (κ3) is 4.61. The highest BCUT2D eigenvalue weighted by molar-refractivity contribution is 5.90. The van der Waals surface area contributed by atoms with Crippen LogP contribution < -0.4 is 10.1 Å². The lowest BCUT2D eigenvalue weighted by atomic mass is 10.1. The fraction of sp³-hybridized carbons (Fsp3) is 0.235. The van der Waals surface area contributed by atoms with E-state index in [1.54, 1.807) is 31.4 Å². The molecule has 0 atom stereocenters. The van der Waals surface area contributed by atoms with Crippen molar-refractivity contribution in [2.45, 2.75) is 19.4 Å². The Morgan fingerprint density at radius 2 is 1.90 bits per heavy atom. The van der Waals surface area contributed by atoms with Gasteiger partial charge in [0, 0.05) is 12.1 Å². The highest BCUT2D eigenvalue weighted by Gasteiger charge is 2.04. The molecule has 0 aromatic heterocycles. The summed E-state index contributed by atoms with van der Waals surface area (Å²) in [7, 11) is 1.63. The van der Waals surface area contributed by atoms with Crippen LogP contribution in [0.1, 0.15) is 17.5 Å². The van der Waals surface area contributed by atoms with E-state index in [0.29, 0.717) is 12.8 Å². The lowest BCUT2D eigenvalue weighted by Gasteiger charge is -2.07. The van der Waals surface area contributed by atoms with E-state index < -0.39 is 0 Å². The van der Waals surface area contributed by atoms with Gasteiger partial charge < -0.3 is 15.2 Å². The van der Waals surface area contributed by atoms with Gasteiger partial charge in [-0.2, -0.15) is 0 Å². The number of amides is 1. The van der Waals surface area contributed by atoms with Gasteiger partial charge in [-0.25, -0.2) is 0 Å². The Kier molecular flexibility index (Phi) is 5.35. The lowest BCUT2D eigenvalue weighted by molar-refractivity contribution is -0.116. The second-order valence-electron chi connectivity index (χ2n) is 4.75. The van der Waals surface area contributed by atoms with Crippen molar-refractivity contribution in [3.63, 3.8) is 0 Å². The molecule has 0 aliphatic carbocycles. The smallest absolute Gasteiger partial charge is 0.224 e. The molecule has 0 radical (unpaired) electrons. The average molecular weight is 285 g/mol. The second kappa shape index (κ2) is 7.45. The zero-order chi connectivity index (χ0) is 15.1. The summed E-state index contributed by atoms with van der Waals surface area (Å²) < 4.78 is 5.16. The van der Waals surface area contributed by atoms with Crippen molar-refractivity contribution in [2.24, 2.45) is 0 Å². The molecule has 0 heterocycles. The number of hydrogen-bond acceptors (Lipinski definition) is 3. The highest BCUT2D eigenvalue weighted by Crippen LogP contribution is 2.15. The molecule has 21 heavy (non-hydrogen) atoms. The summed E-state index contributed by atoms with van der Waals surface area (Å²) in [5, 5.41) is 11.8. The Morgan fingerprint density at radius 3 is 2.57 bits per heavy atom. The van der Waals surface area contributed by atoms with Crippen molar-refractivity contribution in [1.82, 2.24) is 0 Å². The van der Waals surface area contributed by atoms with Gasteiger partial charge in [-0.15, -0.1) is 0 Å². The lowest BCUT2D eigenvalue weighted by Crippen LogP contribution is -2.12. The number of aryl methyl sites for hydroxylation is 1. The van der Waals surface area contributed by atoms with Gasteiger partial charge in [0.05, 0.1) is 13.7 Å². The SMILES string of the molecule is COc1cccc(CCC(=O)Nc2ccc(CO)cc2)c1. The summed E-state index contributed by atoms with van der Waals surface area (Å²) in [6.07, 6.45) is 1.08. The first-order valence-electron chi connectivity index (χ1n) is 6.84. The van der Waals surface area contributed by atoms with Gasteiger partial charge in [0.15, 0.2) is 0 Å². The van der Waals surface area contributed by atoms with Gasteiger partial charge >= 0.3 is 0 Å². The van der Waals surface area contributed by atoms with Crippen LogP contribution >= 0.6 is 0 Å². The molecule has 0 spiro atoms. The maximum Gasteiger partial charge on any atom is 0.224 e. The molecule has 0 saturated heterocycles. The predicted octanol–water partition coefficient (Wildman–Crippen LogP) is 2.76. The summed E-state index contributed by atoms with van der Waals surface area (Å²) in [5.41, 5.74) is 2.63. The molecule has 0 fully saturated rings. The maximum atomic E-state index is 11.9. The summed E-state index contributed by atoms with van der Waals surface area (Å²) in [4.78, 5) is 11.9. The normalized spacial score (nSPS) is 10.2. The van der Waals surface area contributed by atoms with Crippen LogP contribution in [0.2, 0.25) is 0 Å². The fourth-order valence-corrected chi connectivity index (χ4v) is 2.00. The molecule has 0 aliphatic heterocycles. The number of hydrogen-bond donors (Lipinski definition) is 2. The van der Waals surface area contributed by atoms with Crippen molar-refractivity contribution < 1.29 is 14.6 Å². The van der Waals surface area contributed by atoms with Crippen molar-refractivity contribution in [3.05, 3.63) is 59.7 Å². The summed E-state index contributed by atoms with van der Waals surface area (Å²) >= 11 is 0. The van der Waals surface area contributed by atoms with E-state index >= 15 is 0 Å². The number of carbonyl (C=O) groups excluding carboxylic acids is 1. The van der Waals surface area contributed by atoms with Crippen LogP contribution in [0.3, 0.4) is 0 Å². The van der Waals surface area contributed by atoms with Gasteiger partial charge in [-0.1, -0.05) is 24.3 Å². The maximum absolute atomic E-state index is 11.9. The van der Waals surface area contributed by atoms with Crippen LogP contribution in [0.15, 0.2) is 48.5 Å². The molecule has 2 aromatic rings. The quantitative estimate of drug-likeness (QED) is 0.858. The number of benzene rings is 2. The van der Waals surface area contributed by atoms with Crippen molar-refractivity contribution in [3.8, 4) is 5.75 Å². The zero-order valence-electron chi connectivity index (χ0n) is 12.0. The van der Waals surface area contributed by atoms with E-state index in [2.05, 4.69) is 5.32 Å². The van der Waals surface area contributed by atoms with Crippen molar-refractivity contribution in [1.29, 1.82) is 0 Å². The predicted molar refractivity (Wildman–Crippen MR) is 82.3 cm³/mol. The number of rotatable bonds is 6. The fourth-order valence-electron chi connectivity index (χ4n) is 2.00. The Bertz CT molecular complexity index is 593. The monoisotopic (exact) mass is 285 g/mol. The average Bonchev–Trinajstić information content (AvgIpc) is 2.54. The first-order chi connectivity index (χ1) is 10.2. The largest absolute Gasteiger partial charge is 0.497 e. The van der Waals surface area contributed by atoms with Crippen LogP contribution in [0.5, 0.6) is 5.75 Å². The van der Waals surface area contributed by atoms with E-state index in [1.165, 1.54) is 0 Å². The third-order valence-corrected chi connectivity index (χ3v) is 3.20. The molecule has 1 amide bonds. The first-order valence-corrected chi connectivity index (χ1v) is 6.84. The minimum absolute atomic E-state index is 0.00403. The molecule has 2 N–H and O–H groups in total. The topological polar surface area (TPSA) is 58.6 Å². The third-order valence-electron chi connectivity index (χ3n) is 3.20. The molecule has 4 heteroatoms. The van der Waals surface area contributed by atoms with Gasteiger partial charge in [-0.05, 0) is 41.8 Å². The van der Waals surface area contributed by atoms with Crippen molar-refractivity contribution >= 4 is 11.6 Å². The zero-order valence-corrected chi connectivity index (χ0v) is 12.0. The van der Waals surface area contributed by atoms with Crippen LogP contribution in [0.4, 0.5) is 5.69 Å². The molecule has 0 aliphatic rings. The van der Waals surface area contributed by atoms with Gasteiger partial charge in [0.1, 0.15) is 5.75 Å². The molecule has 110 valence electrons. The number of ether oxygens (including phenoxy) is 1. The van der Waals surface area contributed by atoms with E-state index in [1.807, 2.05) is 24.3 Å². The number of methoxy groups -OCH3 is 1. The van der Waals surface area contributed by atoms with Gasteiger partial charge in [0.2, 0.25) is 5.91 Å². The molecule has 4 nitrogen and oxygen atoms in total. The second-order valence-corrected chi connectivity index (χ2v) is 4.75. The molecular weight excluding hydrogens is 266 g/mol. The minimum atomic E-state index is -0.0328. The number of aliphatic hydroxyl groups excluding tert-OH is 1. The van der Waals surface area contributed by atoms with E-state index in [4.69, 9.17) is 9.84 Å². The standard InChI is InChI=1S/C17H19NO3/c1-21-16-4-2-3-13(11-16)7-10-17(20)18-15-8-5-14(12-19)6-9-15/h2-6,8-9,11,19H,7,10,12H2,1H3,(H,18,20). The number of aliphatic hydroxyl groups is 1. The summed E-state index contributed by atoms with van der Waals surface area (Å²) in [6, 6.07) is 14.9. The molecule has 2 aromatic carbocycles. The van der Waals surface area contributed by atoms with E-state index in [0.717, 1.165) is 22.6 Å². The van der Waals surface area contributed by atoms with E-state index in [-0.39, 0.29) is 12.5 Å². The Hall–Kier alpha value is -2.33.